The van der Waals surface area contributed by atoms with Crippen molar-refractivity contribution in [1.82, 2.24) is 0 Å². The van der Waals surface area contributed by atoms with Gasteiger partial charge in [-0.15, -0.1) is 0 Å². The zero-order valence-electron chi connectivity index (χ0n) is 17.9. The Kier molecular flexibility index (Phi) is 15.9. The van der Waals surface area contributed by atoms with Gasteiger partial charge in [-0.05, 0) is 25.7 Å². The van der Waals surface area contributed by atoms with Crippen molar-refractivity contribution in [2.24, 2.45) is 0 Å². The maximum absolute atomic E-state index is 9.88. The predicted molar refractivity (Wildman–Crippen MR) is 113 cm³/mol. The van der Waals surface area contributed by atoms with E-state index in [1.165, 1.54) is 70.6 Å². The number of aliphatic hydroxyl groups is 3. The fourth-order valence-electron chi connectivity index (χ4n) is 3.66. The minimum absolute atomic E-state index is 0.155. The summed E-state index contributed by atoms with van der Waals surface area (Å²) in [6.07, 6.45) is 18.1. The van der Waals surface area contributed by atoms with E-state index in [4.69, 9.17) is 14.6 Å². The third kappa shape index (κ3) is 11.5. The molecule has 0 aromatic heterocycles. The summed E-state index contributed by atoms with van der Waals surface area (Å²) in [4.78, 5) is 0. The quantitative estimate of drug-likeness (QED) is 0.238. The molecule has 4 atom stereocenters. The molecule has 5 nitrogen and oxygen atoms in total. The van der Waals surface area contributed by atoms with Crippen LogP contribution in [0, 0.1) is 0 Å². The van der Waals surface area contributed by atoms with Crippen LogP contribution in [0.2, 0.25) is 0 Å². The third-order valence-corrected chi connectivity index (χ3v) is 5.43. The maximum Gasteiger partial charge on any atom is 0.114 e. The van der Waals surface area contributed by atoms with Crippen LogP contribution in [0.1, 0.15) is 90.4 Å². The van der Waals surface area contributed by atoms with E-state index in [9.17, 15) is 10.2 Å². The smallest absolute Gasteiger partial charge is 0.114 e. The largest absolute Gasteiger partial charge is 0.394 e. The highest BCUT2D eigenvalue weighted by Gasteiger charge is 2.40. The molecular formula is C23H44O5. The minimum Gasteiger partial charge on any atom is -0.394 e. The average molecular weight is 401 g/mol. The second-order valence-electron chi connectivity index (χ2n) is 8.03. The van der Waals surface area contributed by atoms with Gasteiger partial charge in [0.15, 0.2) is 0 Å². The molecule has 0 bridgehead atoms. The highest BCUT2D eigenvalue weighted by atomic mass is 16.6. The van der Waals surface area contributed by atoms with Crippen molar-refractivity contribution in [2.45, 2.75) is 115 Å². The first-order valence-corrected chi connectivity index (χ1v) is 11.6. The number of aliphatic hydroxyl groups excluding tert-OH is 3. The van der Waals surface area contributed by atoms with Crippen LogP contribution in [0.4, 0.5) is 0 Å². The van der Waals surface area contributed by atoms with Crippen molar-refractivity contribution < 1.29 is 24.8 Å². The summed E-state index contributed by atoms with van der Waals surface area (Å²) in [5.41, 5.74) is 0. The van der Waals surface area contributed by atoms with Crippen LogP contribution >= 0.6 is 0 Å². The van der Waals surface area contributed by atoms with Gasteiger partial charge in [-0.3, -0.25) is 0 Å². The molecule has 0 amide bonds. The van der Waals surface area contributed by atoms with Crippen LogP contribution in [-0.4, -0.2) is 59.6 Å². The summed E-state index contributed by atoms with van der Waals surface area (Å²) < 4.78 is 11.0. The van der Waals surface area contributed by atoms with Crippen LogP contribution in [0.25, 0.3) is 0 Å². The molecule has 166 valence electrons. The highest BCUT2D eigenvalue weighted by molar-refractivity contribution is 4.89. The van der Waals surface area contributed by atoms with Crippen LogP contribution in [-0.2, 0) is 9.47 Å². The zero-order valence-corrected chi connectivity index (χ0v) is 17.9. The molecule has 1 heterocycles. The second-order valence-corrected chi connectivity index (χ2v) is 8.03. The average Bonchev–Trinajstić information content (AvgIpc) is 3.07. The lowest BCUT2D eigenvalue weighted by atomic mass is 10.1. The standard InChI is InChI=1S/C23H44O5/c1-2-3-4-5-6-7-8-9-10-11-12-13-14-15-16-17-27-23-21(26)19-28-22(23)20(25)18-24/h4-5,20-26H,2-3,6-19H2,1H3/b5-4+/t20-,21+,22+,23+/m1/s1. The summed E-state index contributed by atoms with van der Waals surface area (Å²) in [5, 5.41) is 28.6. The first kappa shape index (κ1) is 25.6. The molecule has 1 fully saturated rings. The van der Waals surface area contributed by atoms with Crippen molar-refractivity contribution >= 4 is 0 Å². The molecule has 0 aliphatic carbocycles. The number of hydrogen-bond acceptors (Lipinski definition) is 5. The maximum atomic E-state index is 9.88. The van der Waals surface area contributed by atoms with Gasteiger partial charge in [-0.2, -0.15) is 0 Å². The lowest BCUT2D eigenvalue weighted by Gasteiger charge is -2.23. The SMILES string of the molecule is CCC/C=C/CCCCCCCCCCCCO[C@@H]1[C@H]([C@H](O)CO)OC[C@@H]1O. The van der Waals surface area contributed by atoms with Crippen molar-refractivity contribution in [3.8, 4) is 0 Å². The Morgan fingerprint density at radius 1 is 0.929 bits per heavy atom. The van der Waals surface area contributed by atoms with Gasteiger partial charge in [0, 0.05) is 6.61 Å². The van der Waals surface area contributed by atoms with Crippen molar-refractivity contribution in [1.29, 1.82) is 0 Å². The Morgan fingerprint density at radius 3 is 2.11 bits per heavy atom. The fraction of sp³-hybridized carbons (Fsp3) is 0.913. The van der Waals surface area contributed by atoms with Crippen molar-refractivity contribution in [3.63, 3.8) is 0 Å². The van der Waals surface area contributed by atoms with Gasteiger partial charge in [-0.1, -0.05) is 76.9 Å². The molecule has 0 spiro atoms. The van der Waals surface area contributed by atoms with Gasteiger partial charge in [0.2, 0.25) is 0 Å². The molecule has 1 aliphatic rings. The van der Waals surface area contributed by atoms with E-state index in [-0.39, 0.29) is 13.2 Å². The molecule has 1 aliphatic heterocycles. The predicted octanol–water partition coefficient (Wildman–Crippen LogP) is 4.13. The monoisotopic (exact) mass is 400 g/mol. The summed E-state index contributed by atoms with van der Waals surface area (Å²) in [6, 6.07) is 0. The lowest BCUT2D eigenvalue weighted by molar-refractivity contribution is -0.0938. The Labute approximate surface area is 172 Å². The Bertz CT molecular complexity index is 374. The van der Waals surface area contributed by atoms with Gasteiger partial charge in [0.05, 0.1) is 13.2 Å². The Morgan fingerprint density at radius 2 is 1.50 bits per heavy atom. The van der Waals surface area contributed by atoms with Crippen LogP contribution < -0.4 is 0 Å². The zero-order chi connectivity index (χ0) is 20.5. The first-order chi connectivity index (χ1) is 13.7. The summed E-state index contributed by atoms with van der Waals surface area (Å²) >= 11 is 0. The van der Waals surface area contributed by atoms with Crippen LogP contribution in [0.5, 0.6) is 0 Å². The summed E-state index contributed by atoms with van der Waals surface area (Å²) in [7, 11) is 0. The Balaban J connectivity index is 1.86. The number of hydrogen-bond donors (Lipinski definition) is 3. The number of unbranched alkanes of at least 4 members (excludes halogenated alkanes) is 11. The summed E-state index contributed by atoms with van der Waals surface area (Å²) in [5.74, 6) is 0. The van der Waals surface area contributed by atoms with E-state index in [2.05, 4.69) is 19.1 Å². The van der Waals surface area contributed by atoms with Gasteiger partial charge >= 0.3 is 0 Å². The van der Waals surface area contributed by atoms with E-state index in [1.54, 1.807) is 0 Å². The van der Waals surface area contributed by atoms with Gasteiger partial charge in [-0.25, -0.2) is 0 Å². The molecule has 0 saturated carbocycles. The lowest BCUT2D eigenvalue weighted by Crippen LogP contribution is -2.42. The topological polar surface area (TPSA) is 79.2 Å². The molecule has 28 heavy (non-hydrogen) atoms. The molecule has 5 heteroatoms. The molecule has 0 unspecified atom stereocenters. The molecular weight excluding hydrogens is 356 g/mol. The van der Waals surface area contributed by atoms with E-state index in [0.717, 1.165) is 12.8 Å². The van der Waals surface area contributed by atoms with Crippen LogP contribution in [0.3, 0.4) is 0 Å². The fourth-order valence-corrected chi connectivity index (χ4v) is 3.66. The van der Waals surface area contributed by atoms with Gasteiger partial charge in [0.25, 0.3) is 0 Å². The van der Waals surface area contributed by atoms with Gasteiger partial charge in [0.1, 0.15) is 24.4 Å². The van der Waals surface area contributed by atoms with E-state index >= 15 is 0 Å². The minimum atomic E-state index is -1.00. The summed E-state index contributed by atoms with van der Waals surface area (Å²) in [6.45, 7) is 2.55. The first-order valence-electron chi connectivity index (χ1n) is 11.6. The second kappa shape index (κ2) is 17.4. The number of ether oxygens (including phenoxy) is 2. The molecule has 0 radical (unpaired) electrons. The van der Waals surface area contributed by atoms with E-state index in [1.807, 2.05) is 0 Å². The van der Waals surface area contributed by atoms with Crippen molar-refractivity contribution in [3.05, 3.63) is 12.2 Å². The molecule has 1 rings (SSSR count). The molecule has 0 aromatic carbocycles. The Hall–Kier alpha value is -0.460. The molecule has 1 saturated heterocycles. The van der Waals surface area contributed by atoms with E-state index in [0.29, 0.717) is 6.61 Å². The normalized spacial score (nSPS) is 23.6. The van der Waals surface area contributed by atoms with E-state index < -0.39 is 24.4 Å². The third-order valence-electron chi connectivity index (χ3n) is 5.43. The molecule has 0 aromatic rings. The van der Waals surface area contributed by atoms with Gasteiger partial charge < -0.3 is 24.8 Å². The number of allylic oxidation sites excluding steroid dienone is 2. The molecule has 3 N–H and O–H groups in total. The highest BCUT2D eigenvalue weighted by Crippen LogP contribution is 2.21. The van der Waals surface area contributed by atoms with Crippen molar-refractivity contribution in [2.75, 3.05) is 19.8 Å². The van der Waals surface area contributed by atoms with Crippen LogP contribution in [0.15, 0.2) is 12.2 Å². The number of rotatable bonds is 18.